The Morgan fingerprint density at radius 3 is 2.50 bits per heavy atom. The van der Waals surface area contributed by atoms with Gasteiger partial charge >= 0.3 is 0 Å². The zero-order valence-corrected chi connectivity index (χ0v) is 10.2. The van der Waals surface area contributed by atoms with Crippen molar-refractivity contribution in [3.8, 4) is 5.75 Å². The van der Waals surface area contributed by atoms with E-state index >= 15 is 0 Å². The quantitative estimate of drug-likeness (QED) is 0.754. The minimum Gasteiger partial charge on any atom is -0.507 e. The molecule has 2 N–H and O–H groups in total. The van der Waals surface area contributed by atoms with E-state index in [9.17, 15) is 5.11 Å². The molecular weight excluding hydrogens is 200 g/mol. The predicted octanol–water partition coefficient (Wildman–Crippen LogP) is 1.59. The van der Waals surface area contributed by atoms with Crippen molar-refractivity contribution >= 4 is 0 Å². The Kier molecular flexibility index (Phi) is 3.17. The van der Waals surface area contributed by atoms with E-state index in [2.05, 4.69) is 29.4 Å². The molecule has 1 atom stereocenters. The second-order valence-corrected chi connectivity index (χ2v) is 4.70. The first-order valence-corrected chi connectivity index (χ1v) is 5.80. The smallest absolute Gasteiger partial charge is 0.121 e. The third-order valence-electron chi connectivity index (χ3n) is 3.41. The van der Waals surface area contributed by atoms with Crippen LogP contribution in [0, 0.1) is 13.8 Å². The summed E-state index contributed by atoms with van der Waals surface area (Å²) < 4.78 is 0. The summed E-state index contributed by atoms with van der Waals surface area (Å²) in [5.74, 6) is 0.426. The molecule has 0 radical (unpaired) electrons. The molecule has 0 aromatic heterocycles. The molecule has 1 aliphatic heterocycles. The molecule has 88 valence electrons. The summed E-state index contributed by atoms with van der Waals surface area (Å²) in [5.41, 5.74) is 3.23. The van der Waals surface area contributed by atoms with Gasteiger partial charge in [0.05, 0.1) is 0 Å². The summed E-state index contributed by atoms with van der Waals surface area (Å²) in [4.78, 5) is 2.36. The van der Waals surface area contributed by atoms with Gasteiger partial charge in [0.1, 0.15) is 5.75 Å². The molecule has 1 heterocycles. The summed E-state index contributed by atoms with van der Waals surface area (Å²) in [5, 5.41) is 13.2. The average molecular weight is 220 g/mol. The molecule has 1 aliphatic rings. The number of piperazine rings is 1. The first-order chi connectivity index (χ1) is 7.59. The van der Waals surface area contributed by atoms with Gasteiger partial charge in [0.25, 0.3) is 0 Å². The summed E-state index contributed by atoms with van der Waals surface area (Å²) >= 11 is 0. The fraction of sp³-hybridized carbons (Fsp3) is 0.538. The number of phenolic OH excluding ortho intramolecular Hbond substituents is 1. The predicted molar refractivity (Wildman–Crippen MR) is 65.8 cm³/mol. The Hall–Kier alpha value is -1.06. The lowest BCUT2D eigenvalue weighted by Crippen LogP contribution is -2.43. The van der Waals surface area contributed by atoms with Gasteiger partial charge in [0, 0.05) is 25.7 Å². The highest BCUT2D eigenvalue weighted by Gasteiger charge is 2.21. The number of likely N-dealkylation sites (N-methyl/N-ethyl adjacent to an activating group) is 1. The average Bonchev–Trinajstić information content (AvgIpc) is 2.26. The fourth-order valence-corrected chi connectivity index (χ4v) is 2.36. The summed E-state index contributed by atoms with van der Waals surface area (Å²) in [6.07, 6.45) is 0. The van der Waals surface area contributed by atoms with Crippen LogP contribution in [0.5, 0.6) is 5.75 Å². The van der Waals surface area contributed by atoms with Gasteiger partial charge < -0.3 is 10.4 Å². The molecule has 1 unspecified atom stereocenters. The lowest BCUT2D eigenvalue weighted by molar-refractivity contribution is 0.202. The van der Waals surface area contributed by atoms with Gasteiger partial charge in [-0.05, 0) is 37.6 Å². The van der Waals surface area contributed by atoms with Crippen molar-refractivity contribution in [3.05, 3.63) is 28.8 Å². The second kappa shape index (κ2) is 4.44. The molecule has 0 saturated carbocycles. The van der Waals surface area contributed by atoms with Crippen molar-refractivity contribution in [3.63, 3.8) is 0 Å². The molecule has 0 spiro atoms. The lowest BCUT2D eigenvalue weighted by Gasteiger charge is -2.33. The Morgan fingerprint density at radius 1 is 1.31 bits per heavy atom. The maximum Gasteiger partial charge on any atom is 0.121 e. The van der Waals surface area contributed by atoms with Crippen LogP contribution in [0.25, 0.3) is 0 Å². The third-order valence-corrected chi connectivity index (χ3v) is 3.41. The SMILES string of the molecule is Cc1cc(C2CNCCN2C)cc(C)c1O. The topological polar surface area (TPSA) is 35.5 Å². The zero-order valence-electron chi connectivity index (χ0n) is 10.2. The first-order valence-electron chi connectivity index (χ1n) is 5.80. The molecule has 0 amide bonds. The van der Waals surface area contributed by atoms with Crippen LogP contribution >= 0.6 is 0 Å². The largest absolute Gasteiger partial charge is 0.507 e. The van der Waals surface area contributed by atoms with Crippen molar-refractivity contribution in [2.75, 3.05) is 26.7 Å². The van der Waals surface area contributed by atoms with Crippen LogP contribution in [0.4, 0.5) is 0 Å². The van der Waals surface area contributed by atoms with Gasteiger partial charge in [0.2, 0.25) is 0 Å². The number of hydrogen-bond donors (Lipinski definition) is 2. The van der Waals surface area contributed by atoms with Crippen LogP contribution in [0.2, 0.25) is 0 Å². The van der Waals surface area contributed by atoms with Crippen molar-refractivity contribution in [2.45, 2.75) is 19.9 Å². The van der Waals surface area contributed by atoms with E-state index in [0.29, 0.717) is 11.8 Å². The number of nitrogens with zero attached hydrogens (tertiary/aromatic N) is 1. The molecular formula is C13H20N2O. The van der Waals surface area contributed by atoms with Gasteiger partial charge in [-0.15, -0.1) is 0 Å². The van der Waals surface area contributed by atoms with E-state index in [1.165, 1.54) is 5.56 Å². The minimum absolute atomic E-state index is 0.423. The molecule has 3 heteroatoms. The highest BCUT2D eigenvalue weighted by Crippen LogP contribution is 2.28. The normalized spacial score (nSPS) is 22.3. The van der Waals surface area contributed by atoms with Crippen molar-refractivity contribution in [2.24, 2.45) is 0 Å². The molecule has 3 nitrogen and oxygen atoms in total. The number of phenols is 1. The minimum atomic E-state index is 0.423. The highest BCUT2D eigenvalue weighted by molar-refractivity contribution is 5.43. The fourth-order valence-electron chi connectivity index (χ4n) is 2.36. The van der Waals surface area contributed by atoms with E-state index in [-0.39, 0.29) is 0 Å². The number of benzene rings is 1. The molecule has 1 aromatic rings. The molecule has 2 rings (SSSR count). The maximum atomic E-state index is 9.77. The first kappa shape index (κ1) is 11.4. The highest BCUT2D eigenvalue weighted by atomic mass is 16.3. The molecule has 0 bridgehead atoms. The van der Waals surface area contributed by atoms with Crippen molar-refractivity contribution in [1.82, 2.24) is 10.2 Å². The van der Waals surface area contributed by atoms with Crippen LogP contribution in [-0.4, -0.2) is 36.7 Å². The molecule has 1 saturated heterocycles. The lowest BCUT2D eigenvalue weighted by atomic mass is 9.98. The summed E-state index contributed by atoms with van der Waals surface area (Å²) in [6, 6.07) is 4.61. The van der Waals surface area contributed by atoms with Crippen LogP contribution in [0.1, 0.15) is 22.7 Å². The van der Waals surface area contributed by atoms with Gasteiger partial charge in [-0.1, -0.05) is 12.1 Å². The van der Waals surface area contributed by atoms with Crippen LogP contribution in [0.15, 0.2) is 12.1 Å². The third kappa shape index (κ3) is 2.06. The molecule has 16 heavy (non-hydrogen) atoms. The Balaban J connectivity index is 2.32. The van der Waals surface area contributed by atoms with Gasteiger partial charge in [0.15, 0.2) is 0 Å². The standard InChI is InChI=1S/C13H20N2O/c1-9-6-11(7-10(2)13(9)16)12-8-14-4-5-15(12)3/h6-7,12,14,16H,4-5,8H2,1-3H3. The van der Waals surface area contributed by atoms with E-state index in [4.69, 9.17) is 0 Å². The molecule has 0 aliphatic carbocycles. The van der Waals surface area contributed by atoms with Gasteiger partial charge in [-0.25, -0.2) is 0 Å². The van der Waals surface area contributed by atoms with Gasteiger partial charge in [-0.3, -0.25) is 4.90 Å². The maximum absolute atomic E-state index is 9.77. The van der Waals surface area contributed by atoms with Gasteiger partial charge in [-0.2, -0.15) is 0 Å². The van der Waals surface area contributed by atoms with E-state index in [1.807, 2.05) is 13.8 Å². The zero-order chi connectivity index (χ0) is 11.7. The Labute approximate surface area is 97.1 Å². The Morgan fingerprint density at radius 2 is 1.94 bits per heavy atom. The van der Waals surface area contributed by atoms with Crippen LogP contribution < -0.4 is 5.32 Å². The second-order valence-electron chi connectivity index (χ2n) is 4.70. The van der Waals surface area contributed by atoms with E-state index in [1.54, 1.807) is 0 Å². The monoisotopic (exact) mass is 220 g/mol. The summed E-state index contributed by atoms with van der Waals surface area (Å²) in [7, 11) is 2.16. The number of nitrogens with one attached hydrogen (secondary N) is 1. The van der Waals surface area contributed by atoms with Crippen LogP contribution in [-0.2, 0) is 0 Å². The van der Waals surface area contributed by atoms with E-state index in [0.717, 1.165) is 30.8 Å². The number of hydrogen-bond acceptors (Lipinski definition) is 3. The van der Waals surface area contributed by atoms with Crippen LogP contribution in [0.3, 0.4) is 0 Å². The van der Waals surface area contributed by atoms with Crippen molar-refractivity contribution < 1.29 is 5.11 Å². The molecule has 1 fully saturated rings. The number of rotatable bonds is 1. The molecule has 1 aromatic carbocycles. The van der Waals surface area contributed by atoms with Crippen molar-refractivity contribution in [1.29, 1.82) is 0 Å². The number of aromatic hydroxyl groups is 1. The Bertz CT molecular complexity index is 367. The summed E-state index contributed by atoms with van der Waals surface area (Å²) in [6.45, 7) is 7.04. The van der Waals surface area contributed by atoms with E-state index < -0.39 is 0 Å². The number of aryl methyl sites for hydroxylation is 2.